The summed E-state index contributed by atoms with van der Waals surface area (Å²) in [5.74, 6) is 0.502. The van der Waals surface area contributed by atoms with E-state index in [9.17, 15) is 19.2 Å². The van der Waals surface area contributed by atoms with E-state index in [2.05, 4.69) is 19.2 Å². The Kier molecular flexibility index (Phi) is 7.88. The molecule has 2 amide bonds. The van der Waals surface area contributed by atoms with E-state index in [4.69, 9.17) is 0 Å². The molecule has 2 aromatic rings. The van der Waals surface area contributed by atoms with E-state index in [1.165, 1.54) is 4.57 Å². The number of hydrogen-bond donors (Lipinski definition) is 1. The summed E-state index contributed by atoms with van der Waals surface area (Å²) in [7, 11) is 0. The first-order chi connectivity index (χ1) is 15.3. The molecule has 1 aromatic carbocycles. The van der Waals surface area contributed by atoms with Crippen LogP contribution in [0.2, 0.25) is 0 Å². The topological polar surface area (TPSA) is 93.4 Å². The fourth-order valence-electron chi connectivity index (χ4n) is 4.53. The van der Waals surface area contributed by atoms with Crippen LogP contribution in [0.5, 0.6) is 0 Å². The Hall–Kier alpha value is -2.90. The van der Waals surface area contributed by atoms with Crippen molar-refractivity contribution in [3.8, 4) is 0 Å². The average Bonchev–Trinajstić information content (AvgIpc) is 2.76. The molecule has 1 aliphatic heterocycles. The van der Waals surface area contributed by atoms with E-state index in [0.717, 1.165) is 23.8 Å². The van der Waals surface area contributed by atoms with E-state index in [1.54, 1.807) is 24.3 Å². The molecule has 1 fully saturated rings. The highest BCUT2D eigenvalue weighted by Crippen LogP contribution is 2.21. The SMILES string of the molecule is CCCCNC(=O)CCn1c(=O)c2ccccc2n(CC(=O)N2C[C@@H](C)C[C@H](C)C2)c1=O. The summed E-state index contributed by atoms with van der Waals surface area (Å²) < 4.78 is 2.45. The number of aromatic nitrogens is 2. The lowest BCUT2D eigenvalue weighted by Gasteiger charge is -2.35. The van der Waals surface area contributed by atoms with Gasteiger partial charge in [0, 0.05) is 32.6 Å². The van der Waals surface area contributed by atoms with Crippen molar-refractivity contribution in [1.82, 2.24) is 19.4 Å². The van der Waals surface area contributed by atoms with Crippen LogP contribution in [0.1, 0.15) is 46.5 Å². The monoisotopic (exact) mass is 442 g/mol. The van der Waals surface area contributed by atoms with E-state index < -0.39 is 11.2 Å². The summed E-state index contributed by atoms with van der Waals surface area (Å²) in [5.41, 5.74) is -0.546. The molecule has 8 heteroatoms. The Morgan fingerprint density at radius 2 is 1.75 bits per heavy atom. The molecule has 32 heavy (non-hydrogen) atoms. The van der Waals surface area contributed by atoms with Crippen LogP contribution in [0.3, 0.4) is 0 Å². The molecule has 2 heterocycles. The Morgan fingerprint density at radius 1 is 1.06 bits per heavy atom. The number of amides is 2. The zero-order valence-electron chi connectivity index (χ0n) is 19.3. The van der Waals surface area contributed by atoms with Crippen molar-refractivity contribution in [2.45, 2.75) is 59.5 Å². The Bertz CT molecular complexity index is 1080. The van der Waals surface area contributed by atoms with Crippen molar-refractivity contribution in [1.29, 1.82) is 0 Å². The first kappa shape index (κ1) is 23.8. The maximum absolute atomic E-state index is 13.2. The van der Waals surface area contributed by atoms with Crippen LogP contribution in [0, 0.1) is 11.8 Å². The molecule has 0 spiro atoms. The number of nitrogens with one attached hydrogen (secondary N) is 1. The maximum atomic E-state index is 13.2. The van der Waals surface area contributed by atoms with E-state index in [1.807, 2.05) is 11.8 Å². The number of carbonyl (C=O) groups excluding carboxylic acids is 2. The van der Waals surface area contributed by atoms with Gasteiger partial charge in [-0.2, -0.15) is 0 Å². The van der Waals surface area contributed by atoms with Gasteiger partial charge < -0.3 is 10.2 Å². The zero-order valence-corrected chi connectivity index (χ0v) is 19.3. The first-order valence-electron chi connectivity index (χ1n) is 11.6. The molecule has 1 N–H and O–H groups in total. The second-order valence-electron chi connectivity index (χ2n) is 9.04. The summed E-state index contributed by atoms with van der Waals surface area (Å²) >= 11 is 0. The highest BCUT2D eigenvalue weighted by molar-refractivity contribution is 5.82. The minimum absolute atomic E-state index is 0.0214. The number of piperidine rings is 1. The Labute approximate surface area is 188 Å². The van der Waals surface area contributed by atoms with Gasteiger partial charge in [0.2, 0.25) is 11.8 Å². The van der Waals surface area contributed by atoms with Gasteiger partial charge in [0.15, 0.2) is 0 Å². The number of nitrogens with zero attached hydrogens (tertiary/aromatic N) is 3. The van der Waals surface area contributed by atoms with E-state index in [0.29, 0.717) is 42.4 Å². The fraction of sp³-hybridized carbons (Fsp3) is 0.583. The van der Waals surface area contributed by atoms with E-state index >= 15 is 0 Å². The Balaban J connectivity index is 1.89. The van der Waals surface area contributed by atoms with Gasteiger partial charge in [-0.3, -0.25) is 23.5 Å². The van der Waals surface area contributed by atoms with Gasteiger partial charge in [0.25, 0.3) is 5.56 Å². The number of fused-ring (bicyclic) bond motifs is 1. The highest BCUT2D eigenvalue weighted by atomic mass is 16.2. The number of benzene rings is 1. The third-order valence-electron chi connectivity index (χ3n) is 6.06. The third kappa shape index (κ3) is 5.47. The van der Waals surface area contributed by atoms with Crippen LogP contribution in [-0.4, -0.2) is 45.5 Å². The van der Waals surface area contributed by atoms with Crippen molar-refractivity contribution in [3.63, 3.8) is 0 Å². The standard InChI is InChI=1S/C24H34N4O4/c1-4-5-11-25-21(29)10-12-27-23(31)19-8-6-7-9-20(19)28(24(27)32)16-22(30)26-14-17(2)13-18(3)15-26/h6-9,17-18H,4-5,10-16H2,1-3H3,(H,25,29)/t17-,18-/m0/s1. The molecule has 1 saturated heterocycles. The molecule has 0 radical (unpaired) electrons. The van der Waals surface area contributed by atoms with Crippen molar-refractivity contribution >= 4 is 22.7 Å². The molecule has 0 saturated carbocycles. The largest absolute Gasteiger partial charge is 0.356 e. The minimum atomic E-state index is -0.554. The van der Waals surface area contributed by atoms with Crippen molar-refractivity contribution < 1.29 is 9.59 Å². The average molecular weight is 443 g/mol. The molecule has 0 unspecified atom stereocenters. The second-order valence-corrected chi connectivity index (χ2v) is 9.04. The second kappa shape index (κ2) is 10.6. The van der Waals surface area contributed by atoms with Crippen LogP contribution in [0.25, 0.3) is 10.9 Å². The third-order valence-corrected chi connectivity index (χ3v) is 6.06. The molecule has 1 aromatic heterocycles. The van der Waals surface area contributed by atoms with Gasteiger partial charge in [0.1, 0.15) is 6.54 Å². The summed E-state index contributed by atoms with van der Waals surface area (Å²) in [6, 6.07) is 6.82. The normalized spacial score (nSPS) is 18.7. The van der Waals surface area contributed by atoms with Gasteiger partial charge in [-0.25, -0.2) is 4.79 Å². The first-order valence-corrected chi connectivity index (χ1v) is 11.6. The van der Waals surface area contributed by atoms with E-state index in [-0.39, 0.29) is 31.3 Å². The molecule has 0 aliphatic carbocycles. The Morgan fingerprint density at radius 3 is 2.44 bits per heavy atom. The molecule has 1 aliphatic rings. The summed E-state index contributed by atoms with van der Waals surface area (Å²) in [4.78, 5) is 53.2. The lowest BCUT2D eigenvalue weighted by Crippen LogP contribution is -2.47. The van der Waals surface area contributed by atoms with Crippen LogP contribution < -0.4 is 16.6 Å². The molecule has 3 rings (SSSR count). The zero-order chi connectivity index (χ0) is 23.3. The summed E-state index contributed by atoms with van der Waals surface area (Å²) in [5, 5.41) is 3.17. The number of carbonyl (C=O) groups is 2. The fourth-order valence-corrected chi connectivity index (χ4v) is 4.53. The molecular formula is C24H34N4O4. The predicted molar refractivity (Wildman–Crippen MR) is 125 cm³/mol. The van der Waals surface area contributed by atoms with Crippen LogP contribution in [-0.2, 0) is 22.7 Å². The van der Waals surface area contributed by atoms with Crippen molar-refractivity contribution in [2.75, 3.05) is 19.6 Å². The van der Waals surface area contributed by atoms with Gasteiger partial charge in [-0.1, -0.05) is 39.3 Å². The van der Waals surface area contributed by atoms with Crippen LogP contribution >= 0.6 is 0 Å². The van der Waals surface area contributed by atoms with Crippen molar-refractivity contribution in [3.05, 3.63) is 45.1 Å². The van der Waals surface area contributed by atoms with Gasteiger partial charge in [-0.15, -0.1) is 0 Å². The molecule has 8 nitrogen and oxygen atoms in total. The number of para-hydroxylation sites is 1. The number of unbranched alkanes of at least 4 members (excludes halogenated alkanes) is 1. The molecule has 2 atom stereocenters. The molecular weight excluding hydrogens is 408 g/mol. The summed E-state index contributed by atoms with van der Waals surface area (Å²) in [6.45, 7) is 8.07. The van der Waals surface area contributed by atoms with Crippen LogP contribution in [0.15, 0.2) is 33.9 Å². The summed E-state index contributed by atoms with van der Waals surface area (Å²) in [6.07, 6.45) is 2.96. The maximum Gasteiger partial charge on any atom is 0.331 e. The molecule has 174 valence electrons. The van der Waals surface area contributed by atoms with Crippen LogP contribution in [0.4, 0.5) is 0 Å². The highest BCUT2D eigenvalue weighted by Gasteiger charge is 2.26. The lowest BCUT2D eigenvalue weighted by molar-refractivity contribution is -0.134. The molecule has 0 bridgehead atoms. The van der Waals surface area contributed by atoms with Gasteiger partial charge >= 0.3 is 5.69 Å². The smallest absolute Gasteiger partial charge is 0.331 e. The van der Waals surface area contributed by atoms with Crippen molar-refractivity contribution in [2.24, 2.45) is 11.8 Å². The lowest BCUT2D eigenvalue weighted by atomic mass is 9.92. The number of rotatable bonds is 8. The number of hydrogen-bond acceptors (Lipinski definition) is 4. The quantitative estimate of drug-likeness (QED) is 0.633. The van der Waals surface area contributed by atoms with Gasteiger partial charge in [0.05, 0.1) is 10.9 Å². The minimum Gasteiger partial charge on any atom is -0.356 e. The number of likely N-dealkylation sites (tertiary alicyclic amines) is 1. The van der Waals surface area contributed by atoms with Gasteiger partial charge in [-0.05, 0) is 36.8 Å². The predicted octanol–water partition coefficient (Wildman–Crippen LogP) is 1.97.